The number of fused-ring (bicyclic) bond motifs is 1. The molecule has 0 spiro atoms. The zero-order valence-corrected chi connectivity index (χ0v) is 14.7. The van der Waals surface area contributed by atoms with E-state index in [1.807, 2.05) is 57.2 Å². The van der Waals surface area contributed by atoms with Crippen LogP contribution in [0.5, 0.6) is 5.75 Å². The monoisotopic (exact) mass is 324 g/mol. The first-order valence-electron chi connectivity index (χ1n) is 8.19. The maximum Gasteiger partial charge on any atom is 0.180 e. The maximum atomic E-state index is 13.0. The minimum Gasteiger partial charge on any atom is -0.497 e. The van der Waals surface area contributed by atoms with Crippen molar-refractivity contribution in [2.24, 2.45) is 5.41 Å². The number of rotatable bonds is 4. The Kier molecular flexibility index (Phi) is 4.22. The van der Waals surface area contributed by atoms with Crippen molar-refractivity contribution in [3.05, 3.63) is 54.1 Å². The zero-order valence-electron chi connectivity index (χ0n) is 14.7. The van der Waals surface area contributed by atoms with E-state index >= 15 is 0 Å². The lowest BCUT2D eigenvalue weighted by Crippen LogP contribution is -2.46. The predicted octanol–water partition coefficient (Wildman–Crippen LogP) is 4.07. The number of Topliss-reactive ketones (excluding diaryl/α,β-unsaturated/α-hetero) is 1. The van der Waals surface area contributed by atoms with E-state index in [0.29, 0.717) is 6.54 Å². The van der Waals surface area contributed by atoms with Crippen molar-refractivity contribution in [2.75, 3.05) is 17.3 Å². The number of carbonyl (C=O) groups is 1. The second-order valence-electron chi connectivity index (χ2n) is 7.16. The number of nitrogens with zero attached hydrogens (tertiary/aromatic N) is 1. The lowest BCUT2D eigenvalue weighted by Gasteiger charge is -2.30. The molecule has 0 amide bonds. The van der Waals surface area contributed by atoms with Gasteiger partial charge in [-0.05, 0) is 17.7 Å². The molecule has 4 nitrogen and oxygen atoms in total. The first-order chi connectivity index (χ1) is 11.4. The normalized spacial score (nSPS) is 16.5. The Morgan fingerprint density at radius 2 is 1.88 bits per heavy atom. The van der Waals surface area contributed by atoms with Crippen molar-refractivity contribution in [1.82, 2.24) is 0 Å². The van der Waals surface area contributed by atoms with Gasteiger partial charge in [0.1, 0.15) is 5.75 Å². The van der Waals surface area contributed by atoms with Crippen molar-refractivity contribution in [3.63, 3.8) is 0 Å². The van der Waals surface area contributed by atoms with Crippen LogP contribution in [0.25, 0.3) is 0 Å². The van der Waals surface area contributed by atoms with E-state index in [1.165, 1.54) is 5.56 Å². The molecule has 0 fully saturated rings. The Hall–Kier alpha value is -2.49. The maximum absolute atomic E-state index is 13.0. The molecule has 126 valence electrons. The van der Waals surface area contributed by atoms with Gasteiger partial charge in [-0.3, -0.25) is 4.79 Å². The highest BCUT2D eigenvalue weighted by Crippen LogP contribution is 2.40. The Labute approximate surface area is 143 Å². The highest BCUT2D eigenvalue weighted by atomic mass is 16.5. The molecule has 2 aromatic carbocycles. The molecule has 0 saturated carbocycles. The van der Waals surface area contributed by atoms with Crippen LogP contribution in [-0.2, 0) is 11.3 Å². The molecule has 0 aliphatic carbocycles. The van der Waals surface area contributed by atoms with Crippen molar-refractivity contribution in [2.45, 2.75) is 33.5 Å². The van der Waals surface area contributed by atoms with E-state index in [2.05, 4.69) is 22.3 Å². The molecule has 0 radical (unpaired) electrons. The van der Waals surface area contributed by atoms with Crippen LogP contribution >= 0.6 is 0 Å². The SMILES string of the molecule is COc1ccc2c(c1)N(Cc1ccccc1)C(C(=O)C(C)(C)C)N2. The Balaban J connectivity index is 1.99. The van der Waals surface area contributed by atoms with Crippen LogP contribution in [0.4, 0.5) is 11.4 Å². The summed E-state index contributed by atoms with van der Waals surface area (Å²) in [5.41, 5.74) is 2.72. The van der Waals surface area contributed by atoms with Crippen LogP contribution in [0.3, 0.4) is 0 Å². The average Bonchev–Trinajstić information content (AvgIpc) is 2.91. The van der Waals surface area contributed by atoms with E-state index in [0.717, 1.165) is 17.1 Å². The van der Waals surface area contributed by atoms with E-state index in [4.69, 9.17) is 4.74 Å². The van der Waals surface area contributed by atoms with Gasteiger partial charge in [-0.25, -0.2) is 0 Å². The first kappa shape index (κ1) is 16.4. The molecule has 1 unspecified atom stereocenters. The molecule has 4 heteroatoms. The molecule has 2 aromatic rings. The van der Waals surface area contributed by atoms with Crippen LogP contribution in [-0.4, -0.2) is 19.1 Å². The van der Waals surface area contributed by atoms with Crippen molar-refractivity contribution >= 4 is 17.2 Å². The fourth-order valence-electron chi connectivity index (χ4n) is 2.94. The van der Waals surface area contributed by atoms with Crippen LogP contribution < -0.4 is 15.0 Å². The topological polar surface area (TPSA) is 41.6 Å². The van der Waals surface area contributed by atoms with Crippen LogP contribution in [0.2, 0.25) is 0 Å². The van der Waals surface area contributed by atoms with Gasteiger partial charge in [0.25, 0.3) is 0 Å². The van der Waals surface area contributed by atoms with Gasteiger partial charge in [0.05, 0.1) is 18.5 Å². The number of hydrogen-bond acceptors (Lipinski definition) is 4. The van der Waals surface area contributed by atoms with Gasteiger partial charge in [-0.2, -0.15) is 0 Å². The highest BCUT2D eigenvalue weighted by Gasteiger charge is 2.39. The van der Waals surface area contributed by atoms with E-state index in [-0.39, 0.29) is 11.9 Å². The summed E-state index contributed by atoms with van der Waals surface area (Å²) in [6.45, 7) is 6.55. The summed E-state index contributed by atoms with van der Waals surface area (Å²) in [4.78, 5) is 15.1. The summed E-state index contributed by atoms with van der Waals surface area (Å²) in [5, 5.41) is 3.38. The molecule has 24 heavy (non-hydrogen) atoms. The molecule has 1 N–H and O–H groups in total. The van der Waals surface area contributed by atoms with Gasteiger partial charge in [0.15, 0.2) is 11.9 Å². The van der Waals surface area contributed by atoms with E-state index < -0.39 is 5.41 Å². The summed E-state index contributed by atoms with van der Waals surface area (Å²) in [5.74, 6) is 0.964. The predicted molar refractivity (Wildman–Crippen MR) is 97.5 cm³/mol. The Morgan fingerprint density at radius 3 is 2.50 bits per heavy atom. The number of methoxy groups -OCH3 is 1. The lowest BCUT2D eigenvalue weighted by atomic mass is 9.88. The van der Waals surface area contributed by atoms with Gasteiger partial charge in [-0.15, -0.1) is 0 Å². The van der Waals surface area contributed by atoms with Gasteiger partial charge in [0, 0.05) is 18.0 Å². The summed E-state index contributed by atoms with van der Waals surface area (Å²) < 4.78 is 5.36. The molecule has 0 aromatic heterocycles. The van der Waals surface area contributed by atoms with Crippen LogP contribution in [0.1, 0.15) is 26.3 Å². The summed E-state index contributed by atoms with van der Waals surface area (Å²) in [7, 11) is 1.66. The van der Waals surface area contributed by atoms with E-state index in [9.17, 15) is 4.79 Å². The van der Waals surface area contributed by atoms with Crippen LogP contribution in [0.15, 0.2) is 48.5 Å². The molecule has 1 aliphatic rings. The molecule has 0 bridgehead atoms. The Morgan fingerprint density at radius 1 is 1.17 bits per heavy atom. The number of ether oxygens (including phenoxy) is 1. The molecular weight excluding hydrogens is 300 g/mol. The minimum absolute atomic E-state index is 0.175. The molecule has 0 saturated heterocycles. The third kappa shape index (κ3) is 3.09. The molecule has 1 atom stereocenters. The fourth-order valence-corrected chi connectivity index (χ4v) is 2.94. The van der Waals surface area contributed by atoms with E-state index in [1.54, 1.807) is 7.11 Å². The number of carbonyl (C=O) groups excluding carboxylic acids is 1. The zero-order chi connectivity index (χ0) is 17.3. The number of ketones is 1. The van der Waals surface area contributed by atoms with Gasteiger partial charge >= 0.3 is 0 Å². The van der Waals surface area contributed by atoms with Crippen molar-refractivity contribution < 1.29 is 9.53 Å². The second kappa shape index (κ2) is 6.19. The largest absolute Gasteiger partial charge is 0.497 e. The molecular formula is C20H24N2O2. The van der Waals surface area contributed by atoms with Gasteiger partial charge in [0.2, 0.25) is 0 Å². The molecule has 1 heterocycles. The summed E-state index contributed by atoms with van der Waals surface area (Å²) >= 11 is 0. The number of anilines is 2. The van der Waals surface area contributed by atoms with Crippen LogP contribution in [0, 0.1) is 5.41 Å². The standard InChI is InChI=1S/C20H24N2O2/c1-20(2,3)18(23)19-21-16-11-10-15(24-4)12-17(16)22(19)13-14-8-6-5-7-9-14/h5-12,19,21H,13H2,1-4H3. The quantitative estimate of drug-likeness (QED) is 0.920. The minimum atomic E-state index is -0.418. The third-order valence-electron chi connectivity index (χ3n) is 4.30. The molecule has 1 aliphatic heterocycles. The number of nitrogens with one attached hydrogen (secondary N) is 1. The van der Waals surface area contributed by atoms with Gasteiger partial charge in [-0.1, -0.05) is 51.1 Å². The average molecular weight is 324 g/mol. The first-order valence-corrected chi connectivity index (χ1v) is 8.19. The lowest BCUT2D eigenvalue weighted by molar-refractivity contribution is -0.127. The third-order valence-corrected chi connectivity index (χ3v) is 4.30. The second-order valence-corrected chi connectivity index (χ2v) is 7.16. The Bertz CT molecular complexity index is 735. The summed E-state index contributed by atoms with van der Waals surface area (Å²) in [6.07, 6.45) is -0.368. The van der Waals surface area contributed by atoms with Crippen molar-refractivity contribution in [1.29, 1.82) is 0 Å². The van der Waals surface area contributed by atoms with Crippen molar-refractivity contribution in [3.8, 4) is 5.75 Å². The highest BCUT2D eigenvalue weighted by molar-refractivity contribution is 5.98. The fraction of sp³-hybridized carbons (Fsp3) is 0.350. The van der Waals surface area contributed by atoms with Gasteiger partial charge < -0.3 is 15.0 Å². The summed E-state index contributed by atoms with van der Waals surface area (Å²) in [6, 6.07) is 16.1. The number of hydrogen-bond donors (Lipinski definition) is 1. The molecule has 3 rings (SSSR count). The smallest absolute Gasteiger partial charge is 0.180 e. The number of benzene rings is 2.